The highest BCUT2D eigenvalue weighted by Crippen LogP contribution is 2.09. The molecular formula is C11H18N2O2. The zero-order chi connectivity index (χ0) is 11.1. The molecule has 4 heteroatoms. The summed E-state index contributed by atoms with van der Waals surface area (Å²) in [6, 6.07) is 3.66. The number of rotatable bonds is 6. The van der Waals surface area contributed by atoms with Crippen LogP contribution in [-0.2, 0) is 11.2 Å². The van der Waals surface area contributed by atoms with Gasteiger partial charge in [-0.15, -0.1) is 0 Å². The summed E-state index contributed by atoms with van der Waals surface area (Å²) in [4.78, 5) is 3.90. The van der Waals surface area contributed by atoms with Crippen LogP contribution in [0.1, 0.15) is 18.4 Å². The van der Waals surface area contributed by atoms with Crippen molar-refractivity contribution in [2.75, 3.05) is 19.5 Å². The van der Waals surface area contributed by atoms with E-state index < -0.39 is 0 Å². The van der Waals surface area contributed by atoms with Crippen LogP contribution in [0.3, 0.4) is 0 Å². The summed E-state index contributed by atoms with van der Waals surface area (Å²) in [5, 5.41) is 9.70. The first-order valence-electron chi connectivity index (χ1n) is 5.10. The van der Waals surface area contributed by atoms with E-state index in [0.29, 0.717) is 18.8 Å². The number of hydrogen-bond acceptors (Lipinski definition) is 4. The average Bonchev–Trinajstić information content (AvgIpc) is 2.18. The maximum Gasteiger partial charge on any atom is 0.123 e. The zero-order valence-corrected chi connectivity index (χ0v) is 9.02. The van der Waals surface area contributed by atoms with Gasteiger partial charge >= 0.3 is 0 Å². The Balaban J connectivity index is 2.34. The molecule has 1 rings (SSSR count). The van der Waals surface area contributed by atoms with E-state index in [1.807, 2.05) is 6.07 Å². The third-order valence-electron chi connectivity index (χ3n) is 2.20. The molecule has 0 aliphatic carbocycles. The fraction of sp³-hybridized carbons (Fsp3) is 0.545. The molecule has 0 aliphatic rings. The molecule has 4 nitrogen and oxygen atoms in total. The van der Waals surface area contributed by atoms with Gasteiger partial charge in [0.05, 0.1) is 6.10 Å². The molecule has 1 heterocycles. The van der Waals surface area contributed by atoms with E-state index in [2.05, 4.69) is 4.98 Å². The Hall–Kier alpha value is -1.13. The van der Waals surface area contributed by atoms with Gasteiger partial charge in [0.25, 0.3) is 0 Å². The van der Waals surface area contributed by atoms with E-state index in [0.717, 1.165) is 18.4 Å². The Labute approximate surface area is 90.1 Å². The lowest BCUT2D eigenvalue weighted by Gasteiger charge is -2.10. The van der Waals surface area contributed by atoms with Gasteiger partial charge in [0, 0.05) is 19.9 Å². The third-order valence-corrected chi connectivity index (χ3v) is 2.20. The van der Waals surface area contributed by atoms with Crippen molar-refractivity contribution in [3.05, 3.63) is 23.9 Å². The van der Waals surface area contributed by atoms with E-state index in [1.165, 1.54) is 0 Å². The quantitative estimate of drug-likeness (QED) is 0.687. The predicted molar refractivity (Wildman–Crippen MR) is 59.5 cm³/mol. The molecule has 1 atom stereocenters. The largest absolute Gasteiger partial charge is 0.393 e. The molecule has 0 aromatic carbocycles. The molecule has 0 saturated carbocycles. The molecule has 0 spiro atoms. The monoisotopic (exact) mass is 210 g/mol. The molecule has 1 aromatic heterocycles. The summed E-state index contributed by atoms with van der Waals surface area (Å²) >= 11 is 0. The van der Waals surface area contributed by atoms with Gasteiger partial charge < -0.3 is 15.6 Å². The van der Waals surface area contributed by atoms with E-state index in [1.54, 1.807) is 19.4 Å². The number of ether oxygens (including phenoxy) is 1. The number of anilines is 1. The molecule has 0 saturated heterocycles. The summed E-state index contributed by atoms with van der Waals surface area (Å²) in [7, 11) is 1.66. The van der Waals surface area contributed by atoms with Gasteiger partial charge in [-0.3, -0.25) is 0 Å². The number of nitrogens with zero attached hydrogens (tertiary/aromatic N) is 1. The Morgan fingerprint density at radius 3 is 3.07 bits per heavy atom. The number of pyridine rings is 1. The molecule has 1 unspecified atom stereocenters. The first-order valence-corrected chi connectivity index (χ1v) is 5.10. The van der Waals surface area contributed by atoms with Gasteiger partial charge in [-0.1, -0.05) is 0 Å². The first kappa shape index (κ1) is 11.9. The first-order chi connectivity index (χ1) is 7.22. The maximum absolute atomic E-state index is 9.70. The van der Waals surface area contributed by atoms with Crippen LogP contribution in [0, 0.1) is 0 Å². The highest BCUT2D eigenvalue weighted by Gasteiger charge is 2.05. The lowest BCUT2D eigenvalue weighted by atomic mass is 10.1. The van der Waals surface area contributed by atoms with Crippen LogP contribution in [0.4, 0.5) is 5.82 Å². The van der Waals surface area contributed by atoms with Crippen LogP contribution in [0.5, 0.6) is 0 Å². The van der Waals surface area contributed by atoms with Crippen molar-refractivity contribution in [3.8, 4) is 0 Å². The van der Waals surface area contributed by atoms with Gasteiger partial charge in [-0.2, -0.15) is 0 Å². The molecule has 0 bridgehead atoms. The lowest BCUT2D eigenvalue weighted by molar-refractivity contribution is 0.135. The topological polar surface area (TPSA) is 68.4 Å². The molecule has 3 N–H and O–H groups in total. The summed E-state index contributed by atoms with van der Waals surface area (Å²) in [5.74, 6) is 0.497. The van der Waals surface area contributed by atoms with Crippen LogP contribution in [0.25, 0.3) is 0 Å². The fourth-order valence-corrected chi connectivity index (χ4v) is 1.46. The van der Waals surface area contributed by atoms with Crippen LogP contribution in [-0.4, -0.2) is 29.9 Å². The minimum atomic E-state index is -0.332. The summed E-state index contributed by atoms with van der Waals surface area (Å²) in [6.45, 7) is 0.690. The van der Waals surface area contributed by atoms with Crippen LogP contribution >= 0.6 is 0 Å². The van der Waals surface area contributed by atoms with Crippen LogP contribution < -0.4 is 5.73 Å². The van der Waals surface area contributed by atoms with Gasteiger partial charge in [-0.05, 0) is 37.0 Å². The Morgan fingerprint density at radius 1 is 1.60 bits per heavy atom. The normalized spacial score (nSPS) is 12.7. The average molecular weight is 210 g/mol. The molecule has 0 radical (unpaired) electrons. The van der Waals surface area contributed by atoms with Crippen molar-refractivity contribution in [2.24, 2.45) is 0 Å². The van der Waals surface area contributed by atoms with Crippen molar-refractivity contribution in [3.63, 3.8) is 0 Å². The Bertz CT molecular complexity index is 292. The highest BCUT2D eigenvalue weighted by atomic mass is 16.5. The van der Waals surface area contributed by atoms with Gasteiger partial charge in [0.1, 0.15) is 5.82 Å². The van der Waals surface area contributed by atoms with E-state index in [4.69, 9.17) is 10.5 Å². The molecular weight excluding hydrogens is 192 g/mol. The van der Waals surface area contributed by atoms with Crippen molar-refractivity contribution in [1.82, 2.24) is 4.98 Å². The second-order valence-corrected chi connectivity index (χ2v) is 3.58. The summed E-state index contributed by atoms with van der Waals surface area (Å²) in [6.07, 6.45) is 3.57. The molecule has 84 valence electrons. The van der Waals surface area contributed by atoms with Crippen LogP contribution in [0.2, 0.25) is 0 Å². The number of nitrogen functional groups attached to an aromatic ring is 1. The summed E-state index contributed by atoms with van der Waals surface area (Å²) in [5.41, 5.74) is 6.56. The molecule has 0 fully saturated rings. The smallest absolute Gasteiger partial charge is 0.123 e. The van der Waals surface area contributed by atoms with Gasteiger partial charge in [0.15, 0.2) is 0 Å². The zero-order valence-electron chi connectivity index (χ0n) is 9.02. The van der Waals surface area contributed by atoms with Crippen LogP contribution in [0.15, 0.2) is 18.3 Å². The molecule has 0 aliphatic heterocycles. The minimum Gasteiger partial charge on any atom is -0.393 e. The number of methoxy groups -OCH3 is 1. The van der Waals surface area contributed by atoms with Gasteiger partial charge in [0.2, 0.25) is 0 Å². The molecule has 15 heavy (non-hydrogen) atoms. The van der Waals surface area contributed by atoms with Crippen molar-refractivity contribution < 1.29 is 9.84 Å². The standard InChI is InChI=1S/C11H18N2O2/c1-15-6-2-3-10(14)7-9-4-5-13-11(12)8-9/h4-5,8,10,14H,2-3,6-7H2,1H3,(H2,12,13). The molecule has 0 amide bonds. The number of hydrogen-bond donors (Lipinski definition) is 2. The fourth-order valence-electron chi connectivity index (χ4n) is 1.46. The Kier molecular flexibility index (Phi) is 5.07. The van der Waals surface area contributed by atoms with E-state index in [9.17, 15) is 5.11 Å². The SMILES string of the molecule is COCCCC(O)Cc1ccnc(N)c1. The van der Waals surface area contributed by atoms with Gasteiger partial charge in [-0.25, -0.2) is 4.98 Å². The molecule has 1 aromatic rings. The van der Waals surface area contributed by atoms with Crippen molar-refractivity contribution in [2.45, 2.75) is 25.4 Å². The Morgan fingerprint density at radius 2 is 2.40 bits per heavy atom. The maximum atomic E-state index is 9.70. The van der Waals surface area contributed by atoms with Crippen molar-refractivity contribution >= 4 is 5.82 Å². The second-order valence-electron chi connectivity index (χ2n) is 3.58. The number of aliphatic hydroxyl groups is 1. The van der Waals surface area contributed by atoms with E-state index in [-0.39, 0.29) is 6.10 Å². The van der Waals surface area contributed by atoms with E-state index >= 15 is 0 Å². The van der Waals surface area contributed by atoms with Crippen molar-refractivity contribution in [1.29, 1.82) is 0 Å². The minimum absolute atomic E-state index is 0.332. The third kappa shape index (κ3) is 4.76. The number of aliphatic hydroxyl groups excluding tert-OH is 1. The lowest BCUT2D eigenvalue weighted by Crippen LogP contribution is -2.11. The number of aromatic nitrogens is 1. The second kappa shape index (κ2) is 6.37. The summed E-state index contributed by atoms with van der Waals surface area (Å²) < 4.78 is 4.92. The predicted octanol–water partition coefficient (Wildman–Crippen LogP) is 0.994. The number of nitrogens with two attached hydrogens (primary N) is 1. The highest BCUT2D eigenvalue weighted by molar-refractivity contribution is 5.31.